The first-order valence-corrected chi connectivity index (χ1v) is 7.63. The third-order valence-electron chi connectivity index (χ3n) is 3.84. The highest BCUT2D eigenvalue weighted by atomic mass is 35.5. The Labute approximate surface area is 129 Å². The van der Waals surface area contributed by atoms with E-state index in [1.165, 1.54) is 30.2 Å². The minimum atomic E-state index is -0.280. The fraction of sp³-hybridized carbons (Fsp3) is 0.294. The second-order valence-electron chi connectivity index (χ2n) is 5.30. The number of para-hydroxylation sites is 1. The van der Waals surface area contributed by atoms with E-state index in [4.69, 9.17) is 11.6 Å². The predicted molar refractivity (Wildman–Crippen MR) is 86.6 cm³/mol. The van der Waals surface area contributed by atoms with E-state index >= 15 is 0 Å². The van der Waals surface area contributed by atoms with Crippen molar-refractivity contribution in [3.05, 3.63) is 58.9 Å². The van der Waals surface area contributed by atoms with Gasteiger partial charge in [0.25, 0.3) is 0 Å². The quantitative estimate of drug-likeness (QED) is 0.881. The Balaban J connectivity index is 1.77. The third kappa shape index (κ3) is 3.30. The fourth-order valence-corrected chi connectivity index (χ4v) is 2.92. The highest BCUT2D eigenvalue weighted by molar-refractivity contribution is 6.30. The number of benzene rings is 2. The number of hydrogen-bond donors (Lipinski definition) is 1. The third-order valence-corrected chi connectivity index (χ3v) is 4.07. The molecule has 1 aliphatic rings. The van der Waals surface area contributed by atoms with Gasteiger partial charge in [0.15, 0.2) is 0 Å². The first kappa shape index (κ1) is 14.2. The summed E-state index contributed by atoms with van der Waals surface area (Å²) in [5.41, 5.74) is 2.86. The molecule has 0 aromatic heterocycles. The van der Waals surface area contributed by atoms with Crippen molar-refractivity contribution in [2.75, 3.05) is 23.3 Å². The van der Waals surface area contributed by atoms with Gasteiger partial charge >= 0.3 is 0 Å². The van der Waals surface area contributed by atoms with E-state index < -0.39 is 0 Å². The van der Waals surface area contributed by atoms with E-state index in [-0.39, 0.29) is 5.82 Å². The SMILES string of the molecule is Fc1ccc(Cl)cc1NCc1ccccc1N1CCCC1. The summed E-state index contributed by atoms with van der Waals surface area (Å²) in [6, 6.07) is 12.9. The van der Waals surface area contributed by atoms with Gasteiger partial charge in [0, 0.05) is 30.3 Å². The molecule has 0 radical (unpaired) electrons. The fourth-order valence-electron chi connectivity index (χ4n) is 2.75. The molecule has 1 aliphatic heterocycles. The molecule has 2 nitrogen and oxygen atoms in total. The number of nitrogens with one attached hydrogen (secondary N) is 1. The highest BCUT2D eigenvalue weighted by Gasteiger charge is 2.15. The van der Waals surface area contributed by atoms with Gasteiger partial charge in [0.1, 0.15) is 5.82 Å². The van der Waals surface area contributed by atoms with Gasteiger partial charge < -0.3 is 10.2 Å². The highest BCUT2D eigenvalue weighted by Crippen LogP contribution is 2.26. The molecule has 0 unspecified atom stereocenters. The molecular formula is C17H18ClFN2. The summed E-state index contributed by atoms with van der Waals surface area (Å²) in [6.45, 7) is 2.79. The molecule has 2 aromatic rings. The number of halogens is 2. The normalized spacial score (nSPS) is 14.5. The lowest BCUT2D eigenvalue weighted by Gasteiger charge is -2.21. The van der Waals surface area contributed by atoms with Crippen LogP contribution >= 0.6 is 11.6 Å². The molecule has 0 saturated carbocycles. The van der Waals surface area contributed by atoms with Crippen LogP contribution in [-0.4, -0.2) is 13.1 Å². The van der Waals surface area contributed by atoms with Gasteiger partial charge in [0.05, 0.1) is 5.69 Å². The van der Waals surface area contributed by atoms with Crippen molar-refractivity contribution in [1.82, 2.24) is 0 Å². The number of rotatable bonds is 4. The Kier molecular flexibility index (Phi) is 4.30. The molecule has 110 valence electrons. The van der Waals surface area contributed by atoms with E-state index in [1.807, 2.05) is 6.07 Å². The number of hydrogen-bond acceptors (Lipinski definition) is 2. The average Bonchev–Trinajstić information content (AvgIpc) is 3.03. The minimum absolute atomic E-state index is 0.280. The summed E-state index contributed by atoms with van der Waals surface area (Å²) in [7, 11) is 0. The summed E-state index contributed by atoms with van der Waals surface area (Å²) < 4.78 is 13.7. The zero-order valence-electron chi connectivity index (χ0n) is 11.8. The molecule has 4 heteroatoms. The number of nitrogens with zero attached hydrogens (tertiary/aromatic N) is 1. The molecule has 3 rings (SSSR count). The predicted octanol–water partition coefficient (Wildman–Crippen LogP) is 4.69. The molecule has 1 saturated heterocycles. The second kappa shape index (κ2) is 6.35. The molecule has 21 heavy (non-hydrogen) atoms. The van der Waals surface area contributed by atoms with Crippen molar-refractivity contribution < 1.29 is 4.39 Å². The summed E-state index contributed by atoms with van der Waals surface area (Å²) in [4.78, 5) is 2.39. The van der Waals surface area contributed by atoms with E-state index in [1.54, 1.807) is 12.1 Å². The molecule has 0 aliphatic carbocycles. The van der Waals surface area contributed by atoms with Crippen molar-refractivity contribution in [3.63, 3.8) is 0 Å². The van der Waals surface area contributed by atoms with Crippen molar-refractivity contribution in [2.24, 2.45) is 0 Å². The lowest BCUT2D eigenvalue weighted by molar-refractivity contribution is 0.630. The van der Waals surface area contributed by atoms with E-state index in [0.717, 1.165) is 13.1 Å². The van der Waals surface area contributed by atoms with Crippen molar-refractivity contribution in [3.8, 4) is 0 Å². The van der Waals surface area contributed by atoms with Gasteiger partial charge in [-0.15, -0.1) is 0 Å². The van der Waals surface area contributed by atoms with Crippen LogP contribution in [0, 0.1) is 5.82 Å². The Bertz CT molecular complexity index is 624. The van der Waals surface area contributed by atoms with Gasteiger partial charge in [-0.1, -0.05) is 29.8 Å². The van der Waals surface area contributed by atoms with Gasteiger partial charge in [-0.2, -0.15) is 0 Å². The van der Waals surface area contributed by atoms with Crippen molar-refractivity contribution >= 4 is 23.0 Å². The van der Waals surface area contributed by atoms with Crippen LogP contribution in [0.4, 0.5) is 15.8 Å². The molecule has 0 spiro atoms. The lowest BCUT2D eigenvalue weighted by Crippen LogP contribution is -2.20. The van der Waals surface area contributed by atoms with Crippen LogP contribution in [0.2, 0.25) is 5.02 Å². The Hall–Kier alpha value is -1.74. The summed E-state index contributed by atoms with van der Waals surface area (Å²) >= 11 is 5.92. The first-order valence-electron chi connectivity index (χ1n) is 7.26. The maximum atomic E-state index is 13.7. The zero-order valence-corrected chi connectivity index (χ0v) is 12.5. The van der Waals surface area contributed by atoms with Gasteiger partial charge in [-0.05, 0) is 42.7 Å². The Morgan fingerprint density at radius 1 is 1.10 bits per heavy atom. The molecule has 0 bridgehead atoms. The summed E-state index contributed by atoms with van der Waals surface area (Å²) in [5, 5.41) is 3.68. The Morgan fingerprint density at radius 2 is 1.86 bits per heavy atom. The van der Waals surface area contributed by atoms with Crippen molar-refractivity contribution in [1.29, 1.82) is 0 Å². The summed E-state index contributed by atoms with van der Waals surface area (Å²) in [6.07, 6.45) is 2.48. The molecule has 0 amide bonds. The van der Waals surface area contributed by atoms with Crippen LogP contribution < -0.4 is 10.2 Å². The van der Waals surface area contributed by atoms with E-state index in [0.29, 0.717) is 17.3 Å². The average molecular weight is 305 g/mol. The lowest BCUT2D eigenvalue weighted by atomic mass is 10.1. The molecule has 2 aromatic carbocycles. The minimum Gasteiger partial charge on any atom is -0.378 e. The van der Waals surface area contributed by atoms with Crippen LogP contribution in [0.3, 0.4) is 0 Å². The van der Waals surface area contributed by atoms with Crippen LogP contribution in [0.15, 0.2) is 42.5 Å². The first-order chi connectivity index (χ1) is 10.2. The maximum Gasteiger partial charge on any atom is 0.146 e. The van der Waals surface area contributed by atoms with Crippen LogP contribution in [0.1, 0.15) is 18.4 Å². The molecule has 1 heterocycles. The zero-order chi connectivity index (χ0) is 14.7. The standard InChI is InChI=1S/C17H18ClFN2/c18-14-7-8-15(19)16(11-14)20-12-13-5-1-2-6-17(13)21-9-3-4-10-21/h1-2,5-8,11,20H,3-4,9-10,12H2. The van der Waals surface area contributed by atoms with Crippen molar-refractivity contribution in [2.45, 2.75) is 19.4 Å². The van der Waals surface area contributed by atoms with Crippen LogP contribution in [-0.2, 0) is 6.54 Å². The molecule has 1 fully saturated rings. The Morgan fingerprint density at radius 3 is 2.67 bits per heavy atom. The molecular weight excluding hydrogens is 287 g/mol. The van der Waals surface area contributed by atoms with Gasteiger partial charge in [-0.25, -0.2) is 4.39 Å². The monoisotopic (exact) mass is 304 g/mol. The second-order valence-corrected chi connectivity index (χ2v) is 5.74. The largest absolute Gasteiger partial charge is 0.378 e. The maximum absolute atomic E-state index is 13.7. The smallest absolute Gasteiger partial charge is 0.146 e. The number of anilines is 2. The van der Waals surface area contributed by atoms with Gasteiger partial charge in [0.2, 0.25) is 0 Å². The summed E-state index contributed by atoms with van der Waals surface area (Å²) in [5.74, 6) is -0.280. The van der Waals surface area contributed by atoms with Gasteiger partial charge in [-0.3, -0.25) is 0 Å². The molecule has 0 atom stereocenters. The van der Waals surface area contributed by atoms with Crippen LogP contribution in [0.25, 0.3) is 0 Å². The topological polar surface area (TPSA) is 15.3 Å². The van der Waals surface area contributed by atoms with E-state index in [2.05, 4.69) is 28.4 Å². The molecule has 1 N–H and O–H groups in total. The van der Waals surface area contributed by atoms with Crippen LogP contribution in [0.5, 0.6) is 0 Å². The van der Waals surface area contributed by atoms with E-state index in [9.17, 15) is 4.39 Å².